The summed E-state index contributed by atoms with van der Waals surface area (Å²) in [6, 6.07) is 7.92. The van der Waals surface area contributed by atoms with Crippen molar-refractivity contribution in [3.8, 4) is 22.9 Å². The minimum Gasteiger partial charge on any atom is -0.438 e. The van der Waals surface area contributed by atoms with Gasteiger partial charge in [0.05, 0.1) is 28.6 Å². The molecule has 0 amide bonds. The maximum atomic E-state index is 6.05. The van der Waals surface area contributed by atoms with E-state index >= 15 is 0 Å². The summed E-state index contributed by atoms with van der Waals surface area (Å²) in [7, 11) is 0. The van der Waals surface area contributed by atoms with Crippen LogP contribution in [0.15, 0.2) is 54.6 Å². The summed E-state index contributed by atoms with van der Waals surface area (Å²) in [6.45, 7) is 4.07. The number of fused-ring (bicyclic) bond motifs is 2. The molecule has 0 spiro atoms. The quantitative estimate of drug-likeness (QED) is 0.411. The molecule has 7 heteroatoms. The van der Waals surface area contributed by atoms with E-state index in [1.807, 2.05) is 31.3 Å². The van der Waals surface area contributed by atoms with Gasteiger partial charge in [-0.3, -0.25) is 9.38 Å². The van der Waals surface area contributed by atoms with E-state index in [-0.39, 0.29) is 7.43 Å². The van der Waals surface area contributed by atoms with Gasteiger partial charge in [0.15, 0.2) is 5.65 Å². The molecular formula is C21H19N5OS. The van der Waals surface area contributed by atoms with Crippen LogP contribution in [0, 0.1) is 13.8 Å². The van der Waals surface area contributed by atoms with Gasteiger partial charge in [0.25, 0.3) is 0 Å². The van der Waals surface area contributed by atoms with E-state index in [1.165, 1.54) is 11.3 Å². The van der Waals surface area contributed by atoms with Crippen LogP contribution >= 0.6 is 11.3 Å². The lowest BCUT2D eigenvalue weighted by atomic mass is 10.0. The zero-order valence-electron chi connectivity index (χ0n) is 14.7. The minimum atomic E-state index is 0. The van der Waals surface area contributed by atoms with Gasteiger partial charge in [-0.25, -0.2) is 15.0 Å². The maximum Gasteiger partial charge on any atom is 0.238 e. The third-order valence-corrected chi connectivity index (χ3v) is 5.34. The van der Waals surface area contributed by atoms with Crippen LogP contribution in [-0.4, -0.2) is 24.3 Å². The second-order valence-electron chi connectivity index (χ2n) is 6.24. The highest BCUT2D eigenvalue weighted by atomic mass is 32.1. The number of rotatable bonds is 3. The highest BCUT2D eigenvalue weighted by Gasteiger charge is 2.13. The number of pyridine rings is 1. The normalized spacial score (nSPS) is 10.9. The van der Waals surface area contributed by atoms with Crippen LogP contribution < -0.4 is 4.74 Å². The Morgan fingerprint density at radius 3 is 2.75 bits per heavy atom. The van der Waals surface area contributed by atoms with Crippen molar-refractivity contribution in [2.75, 3.05) is 0 Å². The van der Waals surface area contributed by atoms with Crippen LogP contribution in [0.4, 0.5) is 0 Å². The van der Waals surface area contributed by atoms with Crippen LogP contribution in [0.25, 0.3) is 27.1 Å². The predicted octanol–water partition coefficient (Wildman–Crippen LogP) is 5.45. The largest absolute Gasteiger partial charge is 0.438 e. The third-order valence-electron chi connectivity index (χ3n) is 4.51. The summed E-state index contributed by atoms with van der Waals surface area (Å²) >= 11 is 1.52. The number of thiazole rings is 1. The molecule has 0 atom stereocenters. The zero-order chi connectivity index (χ0) is 18.4. The molecule has 0 radical (unpaired) electrons. The van der Waals surface area contributed by atoms with Crippen molar-refractivity contribution in [1.29, 1.82) is 0 Å². The summed E-state index contributed by atoms with van der Waals surface area (Å²) in [5, 5.41) is 0. The minimum absolute atomic E-state index is 0. The van der Waals surface area contributed by atoms with Crippen molar-refractivity contribution < 1.29 is 4.74 Å². The Bertz CT molecular complexity index is 1290. The summed E-state index contributed by atoms with van der Waals surface area (Å²) in [4.78, 5) is 17.5. The lowest BCUT2D eigenvalue weighted by Crippen LogP contribution is -1.99. The molecule has 0 fully saturated rings. The average Bonchev–Trinajstić information content (AvgIpc) is 3.32. The molecule has 0 bridgehead atoms. The molecule has 0 aliphatic rings. The number of nitrogens with zero attached hydrogens (tertiary/aromatic N) is 5. The fourth-order valence-electron chi connectivity index (χ4n) is 3.23. The van der Waals surface area contributed by atoms with Crippen LogP contribution in [0.1, 0.15) is 18.7 Å². The molecule has 4 aromatic heterocycles. The van der Waals surface area contributed by atoms with Crippen molar-refractivity contribution in [1.82, 2.24) is 24.3 Å². The lowest BCUT2D eigenvalue weighted by Gasteiger charge is -2.13. The molecule has 0 saturated heterocycles. The number of aromatic nitrogens is 5. The first-order valence-corrected chi connectivity index (χ1v) is 9.34. The van der Waals surface area contributed by atoms with Crippen molar-refractivity contribution in [3.63, 3.8) is 0 Å². The zero-order valence-corrected chi connectivity index (χ0v) is 15.6. The van der Waals surface area contributed by atoms with E-state index in [9.17, 15) is 0 Å². The van der Waals surface area contributed by atoms with Gasteiger partial charge < -0.3 is 4.74 Å². The first-order chi connectivity index (χ1) is 13.2. The Labute approximate surface area is 166 Å². The second-order valence-corrected chi connectivity index (χ2v) is 7.10. The molecular weight excluding hydrogens is 370 g/mol. The lowest BCUT2D eigenvalue weighted by molar-refractivity contribution is 0.469. The molecule has 5 rings (SSSR count). The van der Waals surface area contributed by atoms with E-state index in [1.54, 1.807) is 24.1 Å². The SMILES string of the molecule is C.Cc1cc(Oc2nccc3ncsc23)ccc1-c1c(C)ncc2nccn12. The molecule has 4 heterocycles. The highest BCUT2D eigenvalue weighted by Crippen LogP contribution is 2.33. The Kier molecular flexibility index (Phi) is 4.52. The Morgan fingerprint density at radius 1 is 1.00 bits per heavy atom. The molecule has 0 aliphatic heterocycles. The number of benzene rings is 1. The van der Waals surface area contributed by atoms with Crippen molar-refractivity contribution in [2.24, 2.45) is 0 Å². The molecule has 1 aromatic carbocycles. The van der Waals surface area contributed by atoms with E-state index in [0.29, 0.717) is 5.88 Å². The van der Waals surface area contributed by atoms with Crippen LogP contribution in [0.3, 0.4) is 0 Å². The molecule has 6 nitrogen and oxygen atoms in total. The topological polar surface area (TPSA) is 65.2 Å². The Morgan fingerprint density at radius 2 is 1.89 bits per heavy atom. The Hall–Kier alpha value is -3.32. The smallest absolute Gasteiger partial charge is 0.238 e. The third kappa shape index (κ3) is 2.90. The number of imidazole rings is 1. The van der Waals surface area contributed by atoms with Gasteiger partial charge in [-0.15, -0.1) is 11.3 Å². The van der Waals surface area contributed by atoms with Gasteiger partial charge in [0.1, 0.15) is 10.4 Å². The average molecular weight is 389 g/mol. The van der Waals surface area contributed by atoms with Crippen LogP contribution in [0.2, 0.25) is 0 Å². The van der Waals surface area contributed by atoms with Gasteiger partial charge in [-0.1, -0.05) is 7.43 Å². The van der Waals surface area contributed by atoms with Crippen molar-refractivity contribution in [3.05, 3.63) is 65.8 Å². The van der Waals surface area contributed by atoms with E-state index in [2.05, 4.69) is 37.3 Å². The van der Waals surface area contributed by atoms with E-state index in [4.69, 9.17) is 4.74 Å². The number of aryl methyl sites for hydroxylation is 2. The molecule has 0 N–H and O–H groups in total. The molecule has 140 valence electrons. The summed E-state index contributed by atoms with van der Waals surface area (Å²) in [5.74, 6) is 1.32. The summed E-state index contributed by atoms with van der Waals surface area (Å²) in [6.07, 6.45) is 7.24. The monoisotopic (exact) mass is 389 g/mol. The second kappa shape index (κ2) is 7.01. The first-order valence-electron chi connectivity index (χ1n) is 8.46. The van der Waals surface area contributed by atoms with Gasteiger partial charge in [-0.05, 0) is 43.7 Å². The standard InChI is InChI=1S/C20H15N5OS.CH4/c1-12-9-14(26-20-19-16(5-6-22-20)24-11-27-19)3-4-15(12)18-13(2)23-10-17-21-7-8-25(17)18;/h3-11H,1-2H3;1H4. The molecule has 0 saturated carbocycles. The van der Waals surface area contributed by atoms with E-state index < -0.39 is 0 Å². The van der Waals surface area contributed by atoms with Gasteiger partial charge >= 0.3 is 0 Å². The summed E-state index contributed by atoms with van der Waals surface area (Å²) < 4.78 is 9.06. The van der Waals surface area contributed by atoms with Crippen molar-refractivity contribution >= 4 is 27.2 Å². The molecule has 0 aliphatic carbocycles. The fraction of sp³-hybridized carbons (Fsp3) is 0.143. The van der Waals surface area contributed by atoms with Gasteiger partial charge in [0.2, 0.25) is 5.88 Å². The first kappa shape index (κ1) is 18.1. The number of hydrogen-bond donors (Lipinski definition) is 0. The van der Waals surface area contributed by atoms with Crippen molar-refractivity contribution in [2.45, 2.75) is 21.3 Å². The highest BCUT2D eigenvalue weighted by molar-refractivity contribution is 7.17. The van der Waals surface area contributed by atoms with Gasteiger partial charge in [-0.2, -0.15) is 0 Å². The van der Waals surface area contributed by atoms with E-state index in [0.717, 1.165) is 44.1 Å². The summed E-state index contributed by atoms with van der Waals surface area (Å²) in [5.41, 5.74) is 7.71. The molecule has 28 heavy (non-hydrogen) atoms. The van der Waals surface area contributed by atoms with Gasteiger partial charge in [0, 0.05) is 24.2 Å². The van der Waals surface area contributed by atoms with Crippen LogP contribution in [0.5, 0.6) is 11.6 Å². The number of hydrogen-bond acceptors (Lipinski definition) is 6. The maximum absolute atomic E-state index is 6.05. The number of ether oxygens (including phenoxy) is 1. The molecule has 5 aromatic rings. The molecule has 0 unspecified atom stereocenters. The predicted molar refractivity (Wildman–Crippen MR) is 112 cm³/mol. The Balaban J connectivity index is 0.00000192. The van der Waals surface area contributed by atoms with Crippen LogP contribution in [-0.2, 0) is 0 Å². The fourth-order valence-corrected chi connectivity index (χ4v) is 3.94.